The Morgan fingerprint density at radius 1 is 1.11 bits per heavy atom. The normalized spacial score (nSPS) is 15.9. The molecule has 8 heteroatoms. The molecule has 1 N–H and O–H groups in total. The SMILES string of the molecule is Cc1cccc(C)c1-c1nc2c3cc(-c4cnn([C@H]5CCN(C(=O)CO)C5)c4)cnc3ccn2c1C. The molecule has 5 heterocycles. The molecule has 4 aromatic heterocycles. The van der Waals surface area contributed by atoms with Crippen LogP contribution in [0.3, 0.4) is 0 Å². The molecule has 0 aliphatic carbocycles. The van der Waals surface area contributed by atoms with E-state index in [-0.39, 0.29) is 11.9 Å². The zero-order valence-corrected chi connectivity index (χ0v) is 20.6. The van der Waals surface area contributed by atoms with Crippen LogP contribution < -0.4 is 0 Å². The van der Waals surface area contributed by atoms with Gasteiger partial charge >= 0.3 is 0 Å². The third-order valence-corrected chi connectivity index (χ3v) is 7.37. The third-order valence-electron chi connectivity index (χ3n) is 7.37. The van der Waals surface area contributed by atoms with Crippen LogP contribution in [0.5, 0.6) is 0 Å². The average molecular weight is 481 g/mol. The van der Waals surface area contributed by atoms with Crippen LogP contribution in [0.4, 0.5) is 0 Å². The zero-order chi connectivity index (χ0) is 25.0. The van der Waals surface area contributed by atoms with Crippen LogP contribution >= 0.6 is 0 Å². The van der Waals surface area contributed by atoms with Crippen molar-refractivity contribution < 1.29 is 9.90 Å². The quantitative estimate of drug-likeness (QED) is 0.418. The van der Waals surface area contributed by atoms with E-state index in [0.29, 0.717) is 13.1 Å². The number of aliphatic hydroxyl groups excluding tert-OH is 1. The Morgan fingerprint density at radius 2 is 1.92 bits per heavy atom. The largest absolute Gasteiger partial charge is 0.387 e. The second-order valence-corrected chi connectivity index (χ2v) is 9.63. The highest BCUT2D eigenvalue weighted by Gasteiger charge is 2.27. The van der Waals surface area contributed by atoms with Gasteiger partial charge in [-0.2, -0.15) is 5.10 Å². The van der Waals surface area contributed by atoms with Gasteiger partial charge in [-0.05, 0) is 50.5 Å². The van der Waals surface area contributed by atoms with Crippen molar-refractivity contribution in [2.45, 2.75) is 33.2 Å². The van der Waals surface area contributed by atoms with Gasteiger partial charge in [-0.1, -0.05) is 18.2 Å². The number of rotatable bonds is 4. The summed E-state index contributed by atoms with van der Waals surface area (Å²) in [6.45, 7) is 7.12. The molecule has 1 atom stereocenters. The van der Waals surface area contributed by atoms with E-state index in [1.54, 1.807) is 4.90 Å². The summed E-state index contributed by atoms with van der Waals surface area (Å²) in [4.78, 5) is 23.4. The molecule has 0 unspecified atom stereocenters. The summed E-state index contributed by atoms with van der Waals surface area (Å²) < 4.78 is 4.06. The Bertz CT molecular complexity index is 1610. The van der Waals surface area contributed by atoms with Crippen molar-refractivity contribution in [3.05, 3.63) is 71.9 Å². The molecular formula is C28H28N6O2. The molecule has 1 fully saturated rings. The van der Waals surface area contributed by atoms with Crippen molar-refractivity contribution in [1.82, 2.24) is 29.0 Å². The predicted molar refractivity (Wildman–Crippen MR) is 139 cm³/mol. The molecule has 1 aromatic carbocycles. The molecule has 6 rings (SSSR count). The van der Waals surface area contributed by atoms with Gasteiger partial charge in [0.1, 0.15) is 12.3 Å². The summed E-state index contributed by atoms with van der Waals surface area (Å²) in [6.07, 6.45) is 8.59. The van der Waals surface area contributed by atoms with E-state index in [9.17, 15) is 4.79 Å². The van der Waals surface area contributed by atoms with Crippen LogP contribution in [-0.2, 0) is 4.79 Å². The number of aliphatic hydroxyl groups is 1. The smallest absolute Gasteiger partial charge is 0.248 e. The minimum atomic E-state index is -0.452. The number of hydrogen-bond donors (Lipinski definition) is 1. The maximum atomic E-state index is 11.8. The van der Waals surface area contributed by atoms with Crippen molar-refractivity contribution in [2.75, 3.05) is 19.7 Å². The maximum Gasteiger partial charge on any atom is 0.248 e. The van der Waals surface area contributed by atoms with Crippen LogP contribution in [0.15, 0.2) is 55.1 Å². The van der Waals surface area contributed by atoms with Crippen molar-refractivity contribution >= 4 is 22.5 Å². The first-order chi connectivity index (χ1) is 17.4. The Morgan fingerprint density at radius 3 is 2.69 bits per heavy atom. The molecule has 8 nitrogen and oxygen atoms in total. The summed E-state index contributed by atoms with van der Waals surface area (Å²) in [5.74, 6) is -0.233. The number of aromatic nitrogens is 5. The van der Waals surface area contributed by atoms with Gasteiger partial charge in [0.15, 0.2) is 0 Å². The lowest BCUT2D eigenvalue weighted by molar-refractivity contribution is -0.133. The molecule has 1 aliphatic rings. The Kier molecular flexibility index (Phi) is 5.34. The van der Waals surface area contributed by atoms with Crippen molar-refractivity contribution in [2.24, 2.45) is 0 Å². The van der Waals surface area contributed by atoms with Crippen molar-refractivity contribution in [1.29, 1.82) is 0 Å². The van der Waals surface area contributed by atoms with E-state index in [0.717, 1.165) is 45.5 Å². The number of pyridine rings is 2. The lowest BCUT2D eigenvalue weighted by Crippen LogP contribution is -2.31. The summed E-state index contributed by atoms with van der Waals surface area (Å²) >= 11 is 0. The van der Waals surface area contributed by atoms with Gasteiger partial charge in [0.2, 0.25) is 5.91 Å². The van der Waals surface area contributed by atoms with Crippen molar-refractivity contribution in [3.8, 4) is 22.4 Å². The van der Waals surface area contributed by atoms with Crippen LogP contribution in [-0.4, -0.2) is 59.8 Å². The van der Waals surface area contributed by atoms with Crippen LogP contribution in [0.2, 0.25) is 0 Å². The predicted octanol–water partition coefficient (Wildman–Crippen LogP) is 4.10. The molecule has 182 valence electrons. The topological polar surface area (TPSA) is 88.5 Å². The maximum absolute atomic E-state index is 11.8. The van der Waals surface area contributed by atoms with E-state index in [2.05, 4.69) is 54.5 Å². The second-order valence-electron chi connectivity index (χ2n) is 9.63. The number of fused-ring (bicyclic) bond motifs is 3. The van der Waals surface area contributed by atoms with E-state index in [4.69, 9.17) is 15.1 Å². The number of aryl methyl sites for hydroxylation is 3. The van der Waals surface area contributed by atoms with E-state index >= 15 is 0 Å². The van der Waals surface area contributed by atoms with Gasteiger partial charge < -0.3 is 14.4 Å². The molecule has 5 aromatic rings. The lowest BCUT2D eigenvalue weighted by Gasteiger charge is -2.15. The average Bonchev–Trinajstić information content (AvgIpc) is 3.63. The molecule has 0 radical (unpaired) electrons. The van der Waals surface area contributed by atoms with E-state index < -0.39 is 6.61 Å². The van der Waals surface area contributed by atoms with Crippen LogP contribution in [0.1, 0.15) is 29.3 Å². The molecular weight excluding hydrogens is 452 g/mol. The highest BCUT2D eigenvalue weighted by molar-refractivity contribution is 5.95. The summed E-state index contributed by atoms with van der Waals surface area (Å²) in [6, 6.07) is 10.6. The number of benzene rings is 1. The fourth-order valence-electron chi connectivity index (χ4n) is 5.37. The first-order valence-corrected chi connectivity index (χ1v) is 12.2. The second kappa shape index (κ2) is 8.57. The fourth-order valence-corrected chi connectivity index (χ4v) is 5.37. The lowest BCUT2D eigenvalue weighted by atomic mass is 9.99. The summed E-state index contributed by atoms with van der Waals surface area (Å²) in [7, 11) is 0. The van der Waals surface area contributed by atoms with Gasteiger partial charge in [-0.15, -0.1) is 0 Å². The number of carbonyl (C=O) groups is 1. The van der Waals surface area contributed by atoms with Gasteiger partial charge in [0.05, 0.1) is 23.4 Å². The Labute approximate surface area is 208 Å². The number of carbonyl (C=O) groups excluding carboxylic acids is 1. The molecule has 0 saturated carbocycles. The molecule has 36 heavy (non-hydrogen) atoms. The van der Waals surface area contributed by atoms with E-state index in [1.807, 2.05) is 35.5 Å². The number of amides is 1. The summed E-state index contributed by atoms with van der Waals surface area (Å²) in [5.41, 5.74) is 9.43. The Hall–Kier alpha value is -4.04. The van der Waals surface area contributed by atoms with Crippen molar-refractivity contribution in [3.63, 3.8) is 0 Å². The summed E-state index contributed by atoms with van der Waals surface area (Å²) in [5, 5.41) is 14.7. The van der Waals surface area contributed by atoms with Gasteiger partial charge in [-0.3, -0.25) is 14.5 Å². The number of likely N-dealkylation sites (tertiary alicyclic amines) is 1. The minimum Gasteiger partial charge on any atom is -0.387 e. The van der Waals surface area contributed by atoms with E-state index in [1.165, 1.54) is 16.7 Å². The number of nitrogens with zero attached hydrogens (tertiary/aromatic N) is 6. The van der Waals surface area contributed by atoms with Gasteiger partial charge in [-0.25, -0.2) is 4.98 Å². The standard InChI is InChI=1S/C28H28N6O2/c1-17-5-4-6-18(2)26(17)27-19(3)33-10-8-24-23(28(33)31-27)11-20(12-29-24)21-13-30-34(14-21)22-7-9-32(15-22)25(36)16-35/h4-6,8,10-14,22,35H,7,9,15-16H2,1-3H3/t22-/m0/s1. The first kappa shape index (κ1) is 22.4. The van der Waals surface area contributed by atoms with Gasteiger partial charge in [0.25, 0.3) is 0 Å². The molecule has 1 amide bonds. The van der Waals surface area contributed by atoms with Gasteiger partial charge in [0, 0.05) is 59.5 Å². The first-order valence-electron chi connectivity index (χ1n) is 12.2. The number of hydrogen-bond acceptors (Lipinski definition) is 5. The van der Waals surface area contributed by atoms with Crippen LogP contribution in [0, 0.1) is 20.8 Å². The molecule has 0 bridgehead atoms. The minimum absolute atomic E-state index is 0.101. The fraction of sp³-hybridized carbons (Fsp3) is 0.286. The number of imidazole rings is 1. The molecule has 1 saturated heterocycles. The van der Waals surface area contributed by atoms with Crippen LogP contribution in [0.25, 0.3) is 38.9 Å². The zero-order valence-electron chi connectivity index (χ0n) is 20.6. The molecule has 1 aliphatic heterocycles. The highest BCUT2D eigenvalue weighted by Crippen LogP contribution is 2.33. The third kappa shape index (κ3) is 3.56. The monoisotopic (exact) mass is 480 g/mol. The Balaban J connectivity index is 1.40. The molecule has 0 spiro atoms. The highest BCUT2D eigenvalue weighted by atomic mass is 16.3.